The van der Waals surface area contributed by atoms with Gasteiger partial charge in [-0.25, -0.2) is 8.42 Å². The molecule has 0 unspecified atom stereocenters. The predicted octanol–water partition coefficient (Wildman–Crippen LogP) is 1.78. The van der Waals surface area contributed by atoms with Crippen LogP contribution in [0, 0.1) is 12.8 Å². The molecule has 0 bridgehead atoms. The van der Waals surface area contributed by atoms with Crippen molar-refractivity contribution >= 4 is 21.4 Å². The molecule has 1 heterocycles. The Balaban J connectivity index is 2.24. The lowest BCUT2D eigenvalue weighted by atomic mass is 10.1. The fourth-order valence-electron chi connectivity index (χ4n) is 2.52. The van der Waals surface area contributed by atoms with E-state index in [-0.39, 0.29) is 23.3 Å². The van der Waals surface area contributed by atoms with Crippen molar-refractivity contribution in [3.05, 3.63) is 29.8 Å². The molecule has 1 aromatic rings. The van der Waals surface area contributed by atoms with Gasteiger partial charge in [0.2, 0.25) is 5.91 Å². The first-order chi connectivity index (χ1) is 8.94. The van der Waals surface area contributed by atoms with Crippen LogP contribution in [0.3, 0.4) is 0 Å². The second kappa shape index (κ2) is 5.33. The Bertz CT molecular complexity index is 580. The van der Waals surface area contributed by atoms with E-state index in [0.717, 1.165) is 11.3 Å². The van der Waals surface area contributed by atoms with Crippen LogP contribution >= 0.6 is 0 Å². The van der Waals surface area contributed by atoms with E-state index in [1.54, 1.807) is 4.90 Å². The molecule has 0 aromatic heterocycles. The Morgan fingerprint density at radius 1 is 1.37 bits per heavy atom. The van der Waals surface area contributed by atoms with Crippen molar-refractivity contribution in [3.63, 3.8) is 0 Å². The molecule has 1 amide bonds. The molecule has 1 aliphatic rings. The average Bonchev–Trinajstić information content (AvgIpc) is 2.73. The van der Waals surface area contributed by atoms with Gasteiger partial charge in [0.15, 0.2) is 9.84 Å². The molecule has 0 radical (unpaired) electrons. The van der Waals surface area contributed by atoms with Gasteiger partial charge in [0.25, 0.3) is 0 Å². The molecule has 19 heavy (non-hydrogen) atoms. The molecule has 0 spiro atoms. The summed E-state index contributed by atoms with van der Waals surface area (Å²) in [6.07, 6.45) is 0.448. The van der Waals surface area contributed by atoms with Crippen molar-refractivity contribution in [2.24, 2.45) is 5.92 Å². The van der Waals surface area contributed by atoms with E-state index in [9.17, 15) is 13.2 Å². The summed E-state index contributed by atoms with van der Waals surface area (Å²) in [6.45, 7) is 4.42. The third kappa shape index (κ3) is 2.97. The molecular weight excluding hydrogens is 262 g/mol. The van der Waals surface area contributed by atoms with Gasteiger partial charge < -0.3 is 4.90 Å². The minimum absolute atomic E-state index is 0.00574. The van der Waals surface area contributed by atoms with Crippen LogP contribution in [0.2, 0.25) is 0 Å². The number of hydrogen-bond donors (Lipinski definition) is 0. The number of carbonyl (C=O) groups is 1. The second-order valence-electron chi connectivity index (χ2n) is 4.97. The summed E-state index contributed by atoms with van der Waals surface area (Å²) >= 11 is 0. The predicted molar refractivity (Wildman–Crippen MR) is 76.0 cm³/mol. The Hall–Kier alpha value is -1.36. The van der Waals surface area contributed by atoms with E-state index >= 15 is 0 Å². The number of hydrogen-bond acceptors (Lipinski definition) is 3. The van der Waals surface area contributed by atoms with E-state index in [4.69, 9.17) is 0 Å². The number of para-hydroxylation sites is 1. The number of amides is 1. The molecule has 2 rings (SSSR count). The molecule has 5 heteroatoms. The maximum absolute atomic E-state index is 12.5. The smallest absolute Gasteiger partial charge is 0.231 e. The molecule has 0 saturated carbocycles. The van der Waals surface area contributed by atoms with Crippen LogP contribution in [0.4, 0.5) is 5.69 Å². The summed E-state index contributed by atoms with van der Waals surface area (Å²) in [5.74, 6) is -0.328. The molecule has 1 saturated heterocycles. The highest BCUT2D eigenvalue weighted by Gasteiger charge is 2.35. The summed E-state index contributed by atoms with van der Waals surface area (Å²) in [5, 5.41) is 0. The zero-order valence-electron chi connectivity index (χ0n) is 11.3. The van der Waals surface area contributed by atoms with Gasteiger partial charge >= 0.3 is 0 Å². The standard InChI is InChI=1S/C14H19NO3S/c1-3-15(13-7-5-4-6-11(13)2)14(16)12-8-9-19(17,18)10-12/h4-7,12H,3,8-10H2,1-2H3/t12-/m1/s1. The highest BCUT2D eigenvalue weighted by atomic mass is 32.2. The third-order valence-corrected chi connectivity index (χ3v) is 5.34. The molecule has 104 valence electrons. The lowest BCUT2D eigenvalue weighted by molar-refractivity contribution is -0.121. The summed E-state index contributed by atoms with van der Waals surface area (Å²) in [6, 6.07) is 7.68. The minimum atomic E-state index is -3.02. The summed E-state index contributed by atoms with van der Waals surface area (Å²) in [7, 11) is -3.02. The van der Waals surface area contributed by atoms with Crippen LogP contribution in [-0.4, -0.2) is 32.4 Å². The number of anilines is 1. The Morgan fingerprint density at radius 2 is 2.05 bits per heavy atom. The van der Waals surface area contributed by atoms with E-state index in [1.165, 1.54) is 0 Å². The topological polar surface area (TPSA) is 54.5 Å². The molecule has 1 aliphatic heterocycles. The monoisotopic (exact) mass is 281 g/mol. The number of sulfone groups is 1. The van der Waals surface area contributed by atoms with Gasteiger partial charge in [-0.2, -0.15) is 0 Å². The number of carbonyl (C=O) groups excluding carboxylic acids is 1. The SMILES string of the molecule is CCN(C(=O)[C@@H]1CCS(=O)(=O)C1)c1ccccc1C. The zero-order chi connectivity index (χ0) is 14.0. The molecule has 4 nitrogen and oxygen atoms in total. The lowest BCUT2D eigenvalue weighted by Crippen LogP contribution is -2.37. The molecule has 1 aromatic carbocycles. The Labute approximate surface area is 114 Å². The second-order valence-corrected chi connectivity index (χ2v) is 7.20. The first-order valence-electron chi connectivity index (χ1n) is 6.52. The highest BCUT2D eigenvalue weighted by Crippen LogP contribution is 2.26. The zero-order valence-corrected chi connectivity index (χ0v) is 12.1. The van der Waals surface area contributed by atoms with Gasteiger partial charge in [-0.3, -0.25) is 4.79 Å². The van der Waals surface area contributed by atoms with Crippen LogP contribution < -0.4 is 4.90 Å². The van der Waals surface area contributed by atoms with Crippen molar-refractivity contribution < 1.29 is 13.2 Å². The molecule has 1 fully saturated rings. The van der Waals surface area contributed by atoms with Gasteiger partial charge in [-0.1, -0.05) is 18.2 Å². The molecular formula is C14H19NO3S. The van der Waals surface area contributed by atoms with Crippen LogP contribution in [0.1, 0.15) is 18.9 Å². The maximum atomic E-state index is 12.5. The minimum Gasteiger partial charge on any atom is -0.312 e. The summed E-state index contributed by atoms with van der Waals surface area (Å²) in [4.78, 5) is 14.2. The Kier molecular flexibility index (Phi) is 3.94. The van der Waals surface area contributed by atoms with Crippen molar-refractivity contribution in [2.75, 3.05) is 23.0 Å². The van der Waals surface area contributed by atoms with Crippen LogP contribution in [0.25, 0.3) is 0 Å². The first kappa shape index (κ1) is 14.1. The first-order valence-corrected chi connectivity index (χ1v) is 8.34. The van der Waals surface area contributed by atoms with Gasteiger partial charge in [0.1, 0.15) is 0 Å². The van der Waals surface area contributed by atoms with Crippen molar-refractivity contribution in [3.8, 4) is 0 Å². The van der Waals surface area contributed by atoms with Crippen molar-refractivity contribution in [1.82, 2.24) is 0 Å². The quantitative estimate of drug-likeness (QED) is 0.848. The van der Waals surface area contributed by atoms with Gasteiger partial charge in [-0.15, -0.1) is 0 Å². The third-order valence-electron chi connectivity index (χ3n) is 3.57. The van der Waals surface area contributed by atoms with Crippen LogP contribution in [0.5, 0.6) is 0 Å². The van der Waals surface area contributed by atoms with Gasteiger partial charge in [0, 0.05) is 12.2 Å². The fraction of sp³-hybridized carbons (Fsp3) is 0.500. The van der Waals surface area contributed by atoms with Crippen molar-refractivity contribution in [1.29, 1.82) is 0 Å². The largest absolute Gasteiger partial charge is 0.312 e. The molecule has 0 N–H and O–H groups in total. The number of nitrogens with zero attached hydrogens (tertiary/aromatic N) is 1. The number of rotatable bonds is 3. The van der Waals surface area contributed by atoms with E-state index in [2.05, 4.69) is 0 Å². The van der Waals surface area contributed by atoms with E-state index < -0.39 is 9.84 Å². The Morgan fingerprint density at radius 3 is 2.58 bits per heavy atom. The maximum Gasteiger partial charge on any atom is 0.231 e. The van der Waals surface area contributed by atoms with Gasteiger partial charge in [-0.05, 0) is 31.9 Å². The normalized spacial score (nSPS) is 21.3. The fourth-order valence-corrected chi connectivity index (χ4v) is 4.25. The van der Waals surface area contributed by atoms with Crippen molar-refractivity contribution in [2.45, 2.75) is 20.3 Å². The van der Waals surface area contributed by atoms with Crippen LogP contribution in [-0.2, 0) is 14.6 Å². The lowest BCUT2D eigenvalue weighted by Gasteiger charge is -2.25. The van der Waals surface area contributed by atoms with E-state index in [0.29, 0.717) is 13.0 Å². The highest BCUT2D eigenvalue weighted by molar-refractivity contribution is 7.91. The number of aryl methyl sites for hydroxylation is 1. The van der Waals surface area contributed by atoms with Gasteiger partial charge in [0.05, 0.1) is 17.4 Å². The molecule has 0 aliphatic carbocycles. The van der Waals surface area contributed by atoms with Crippen LogP contribution in [0.15, 0.2) is 24.3 Å². The summed E-state index contributed by atoms with van der Waals surface area (Å²) in [5.41, 5.74) is 1.90. The molecule has 1 atom stereocenters. The average molecular weight is 281 g/mol. The van der Waals surface area contributed by atoms with E-state index in [1.807, 2.05) is 38.1 Å². The number of benzene rings is 1. The summed E-state index contributed by atoms with van der Waals surface area (Å²) < 4.78 is 23.0.